The van der Waals surface area contributed by atoms with Gasteiger partial charge in [0.1, 0.15) is 0 Å². The molecule has 176 valence electrons. The Bertz CT molecular complexity index is 1370. The van der Waals surface area contributed by atoms with E-state index in [2.05, 4.69) is 22.2 Å². The van der Waals surface area contributed by atoms with E-state index in [0.717, 1.165) is 47.5 Å². The van der Waals surface area contributed by atoms with Gasteiger partial charge in [0.15, 0.2) is 5.13 Å². The van der Waals surface area contributed by atoms with Crippen molar-refractivity contribution in [3.05, 3.63) is 95.6 Å². The molecule has 3 aromatic carbocycles. The number of benzene rings is 3. The Balaban J connectivity index is 1.38. The lowest BCUT2D eigenvalue weighted by molar-refractivity contribution is -0.111. The first-order chi connectivity index (χ1) is 17.1. The predicted molar refractivity (Wildman–Crippen MR) is 142 cm³/mol. The second-order valence-electron chi connectivity index (χ2n) is 8.59. The van der Waals surface area contributed by atoms with Crippen LogP contribution < -0.4 is 5.32 Å². The second-order valence-corrected chi connectivity index (χ2v) is 9.62. The SMILES string of the molecule is CN1CCN(C(=O)c2ccc3nc(NC(=O)/C(=C\c4ccccc4)c4ccccc4)sc3c2)CC1. The first-order valence-corrected chi connectivity index (χ1v) is 12.4. The van der Waals surface area contributed by atoms with Gasteiger partial charge in [-0.1, -0.05) is 72.0 Å². The number of carbonyl (C=O) groups excluding carboxylic acids is 2. The van der Waals surface area contributed by atoms with Gasteiger partial charge in [-0.15, -0.1) is 0 Å². The fourth-order valence-electron chi connectivity index (χ4n) is 4.08. The minimum atomic E-state index is -0.229. The molecule has 1 aliphatic heterocycles. The third-order valence-corrected chi connectivity index (χ3v) is 7.02. The number of piperazine rings is 1. The largest absolute Gasteiger partial charge is 0.336 e. The van der Waals surface area contributed by atoms with Gasteiger partial charge in [-0.05, 0) is 42.4 Å². The molecule has 5 rings (SSSR count). The average Bonchev–Trinajstić information content (AvgIpc) is 3.30. The van der Waals surface area contributed by atoms with Crippen molar-refractivity contribution in [3.63, 3.8) is 0 Å². The maximum atomic E-state index is 13.3. The number of nitrogens with zero attached hydrogens (tertiary/aromatic N) is 3. The topological polar surface area (TPSA) is 65.5 Å². The molecule has 4 aromatic rings. The summed E-state index contributed by atoms with van der Waals surface area (Å²) in [5, 5.41) is 3.47. The number of nitrogens with one attached hydrogen (secondary N) is 1. The van der Waals surface area contributed by atoms with Gasteiger partial charge in [0, 0.05) is 37.3 Å². The molecule has 1 fully saturated rings. The van der Waals surface area contributed by atoms with E-state index in [1.807, 2.05) is 89.8 Å². The third kappa shape index (κ3) is 5.31. The monoisotopic (exact) mass is 482 g/mol. The van der Waals surface area contributed by atoms with Crippen molar-refractivity contribution < 1.29 is 9.59 Å². The fraction of sp³-hybridized carbons (Fsp3) is 0.179. The molecule has 0 saturated carbocycles. The van der Waals surface area contributed by atoms with Crippen LogP contribution in [0.4, 0.5) is 5.13 Å². The first kappa shape index (κ1) is 23.0. The van der Waals surface area contributed by atoms with E-state index in [1.165, 1.54) is 11.3 Å². The molecule has 0 aliphatic carbocycles. The Labute approximate surface area is 208 Å². The van der Waals surface area contributed by atoms with Crippen molar-refractivity contribution in [1.29, 1.82) is 0 Å². The number of thiazole rings is 1. The zero-order valence-electron chi connectivity index (χ0n) is 19.5. The van der Waals surface area contributed by atoms with Crippen LogP contribution in [0.1, 0.15) is 21.5 Å². The second kappa shape index (κ2) is 10.2. The van der Waals surface area contributed by atoms with Gasteiger partial charge >= 0.3 is 0 Å². The molecule has 7 heteroatoms. The number of hydrogen-bond donors (Lipinski definition) is 1. The number of rotatable bonds is 5. The summed E-state index contributed by atoms with van der Waals surface area (Å²) < 4.78 is 0.869. The van der Waals surface area contributed by atoms with Crippen molar-refractivity contribution in [2.45, 2.75) is 0 Å². The van der Waals surface area contributed by atoms with E-state index in [-0.39, 0.29) is 11.8 Å². The Morgan fingerprint density at radius 3 is 2.29 bits per heavy atom. The molecular formula is C28H26N4O2S. The number of hydrogen-bond acceptors (Lipinski definition) is 5. The highest BCUT2D eigenvalue weighted by molar-refractivity contribution is 7.22. The predicted octanol–water partition coefficient (Wildman–Crippen LogP) is 4.86. The number of likely N-dealkylation sites (N-methyl/N-ethyl adjacent to an activating group) is 1. The van der Waals surface area contributed by atoms with Crippen LogP contribution in [-0.2, 0) is 4.79 Å². The lowest BCUT2D eigenvalue weighted by Crippen LogP contribution is -2.47. The van der Waals surface area contributed by atoms with Crippen molar-refractivity contribution >= 4 is 50.1 Å². The molecule has 6 nitrogen and oxygen atoms in total. The van der Waals surface area contributed by atoms with Crippen molar-refractivity contribution in [3.8, 4) is 0 Å². The van der Waals surface area contributed by atoms with Gasteiger partial charge in [0.2, 0.25) is 0 Å². The van der Waals surface area contributed by atoms with Crippen LogP contribution in [0.2, 0.25) is 0 Å². The zero-order valence-corrected chi connectivity index (χ0v) is 20.3. The highest BCUT2D eigenvalue weighted by Gasteiger charge is 2.21. The lowest BCUT2D eigenvalue weighted by atomic mass is 10.0. The standard InChI is InChI=1S/C28H26N4O2S/c1-31-14-16-32(17-15-31)27(34)22-12-13-24-25(19-22)35-28(29-24)30-26(33)23(21-10-6-3-7-11-21)18-20-8-4-2-5-9-20/h2-13,18-19H,14-17H2,1H3,(H,29,30,33)/b23-18-. The van der Waals surface area contributed by atoms with Crippen molar-refractivity contribution in [2.75, 3.05) is 38.5 Å². The molecule has 1 saturated heterocycles. The van der Waals surface area contributed by atoms with Gasteiger partial charge in [-0.2, -0.15) is 0 Å². The highest BCUT2D eigenvalue weighted by atomic mass is 32.1. The molecule has 0 atom stereocenters. The maximum Gasteiger partial charge on any atom is 0.258 e. The molecule has 0 bridgehead atoms. The summed E-state index contributed by atoms with van der Waals surface area (Å²) in [7, 11) is 2.07. The molecule has 1 aliphatic rings. The molecule has 2 amide bonds. The maximum absolute atomic E-state index is 13.3. The Morgan fingerprint density at radius 2 is 1.57 bits per heavy atom. The first-order valence-electron chi connectivity index (χ1n) is 11.6. The van der Waals surface area contributed by atoms with Crippen LogP contribution in [0.15, 0.2) is 78.9 Å². The summed E-state index contributed by atoms with van der Waals surface area (Å²) in [4.78, 5) is 35.0. The van der Waals surface area contributed by atoms with Crippen LogP contribution in [0.25, 0.3) is 21.9 Å². The van der Waals surface area contributed by atoms with Gasteiger partial charge in [0.25, 0.3) is 11.8 Å². The van der Waals surface area contributed by atoms with Crippen LogP contribution in [0.5, 0.6) is 0 Å². The summed E-state index contributed by atoms with van der Waals surface area (Å²) in [5.74, 6) is -0.191. The zero-order chi connectivity index (χ0) is 24.2. The summed E-state index contributed by atoms with van der Waals surface area (Å²) in [5.41, 5.74) is 3.74. The average molecular weight is 483 g/mol. The van der Waals surface area contributed by atoms with Crippen LogP contribution in [-0.4, -0.2) is 59.8 Å². The van der Waals surface area contributed by atoms with Gasteiger partial charge in [0.05, 0.1) is 10.2 Å². The fourth-order valence-corrected chi connectivity index (χ4v) is 4.98. The van der Waals surface area contributed by atoms with Gasteiger partial charge in [-0.3, -0.25) is 14.9 Å². The van der Waals surface area contributed by atoms with Crippen LogP contribution >= 0.6 is 11.3 Å². The third-order valence-electron chi connectivity index (χ3n) is 6.09. The Hall–Kier alpha value is -3.81. The molecule has 0 radical (unpaired) electrons. The number of carbonyl (C=O) groups is 2. The molecule has 1 aromatic heterocycles. The summed E-state index contributed by atoms with van der Waals surface area (Å²) in [6.45, 7) is 3.22. The van der Waals surface area contributed by atoms with Gasteiger partial charge in [-0.25, -0.2) is 4.98 Å². The number of aromatic nitrogens is 1. The lowest BCUT2D eigenvalue weighted by Gasteiger charge is -2.32. The smallest absolute Gasteiger partial charge is 0.258 e. The van der Waals surface area contributed by atoms with E-state index in [4.69, 9.17) is 0 Å². The molecule has 0 unspecified atom stereocenters. The summed E-state index contributed by atoms with van der Waals surface area (Å²) >= 11 is 1.37. The summed E-state index contributed by atoms with van der Waals surface area (Å²) in [6.07, 6.45) is 1.88. The summed E-state index contributed by atoms with van der Waals surface area (Å²) in [6, 6.07) is 24.9. The Morgan fingerprint density at radius 1 is 0.886 bits per heavy atom. The molecule has 35 heavy (non-hydrogen) atoms. The minimum Gasteiger partial charge on any atom is -0.336 e. The van der Waals surface area contributed by atoms with Crippen molar-refractivity contribution in [1.82, 2.24) is 14.8 Å². The molecular weight excluding hydrogens is 456 g/mol. The van der Waals surface area contributed by atoms with Crippen LogP contribution in [0, 0.1) is 0 Å². The minimum absolute atomic E-state index is 0.0381. The van der Waals surface area contributed by atoms with E-state index in [1.54, 1.807) is 0 Å². The van der Waals surface area contributed by atoms with Crippen LogP contribution in [0.3, 0.4) is 0 Å². The quantitative estimate of drug-likeness (QED) is 0.326. The number of amides is 2. The van der Waals surface area contributed by atoms with E-state index < -0.39 is 0 Å². The Kier molecular flexibility index (Phi) is 6.70. The van der Waals surface area contributed by atoms with Crippen molar-refractivity contribution in [2.24, 2.45) is 0 Å². The number of anilines is 1. The van der Waals surface area contributed by atoms with Gasteiger partial charge < -0.3 is 9.80 Å². The normalized spacial score (nSPS) is 14.8. The molecule has 1 N–H and O–H groups in total. The van der Waals surface area contributed by atoms with E-state index >= 15 is 0 Å². The van der Waals surface area contributed by atoms with E-state index in [9.17, 15) is 9.59 Å². The highest BCUT2D eigenvalue weighted by Crippen LogP contribution is 2.29. The van der Waals surface area contributed by atoms with E-state index in [0.29, 0.717) is 16.3 Å². The molecule has 0 spiro atoms. The molecule has 2 heterocycles. The number of fused-ring (bicyclic) bond motifs is 1.